The highest BCUT2D eigenvalue weighted by molar-refractivity contribution is 8.00. The fourth-order valence-electron chi connectivity index (χ4n) is 4.49. The van der Waals surface area contributed by atoms with Crippen LogP contribution in [-0.2, 0) is 15.7 Å². The molecule has 0 aliphatic carbocycles. The number of aromatic nitrogens is 3. The number of carbonyl (C=O) groups is 1. The first-order valence-electron chi connectivity index (χ1n) is 11.3. The summed E-state index contributed by atoms with van der Waals surface area (Å²) in [6.45, 7) is 3.44. The first-order chi connectivity index (χ1) is 17.1. The van der Waals surface area contributed by atoms with Gasteiger partial charge in [-0.2, -0.15) is 13.2 Å². The van der Waals surface area contributed by atoms with Crippen molar-refractivity contribution < 1.29 is 22.7 Å². The lowest BCUT2D eigenvalue weighted by atomic mass is 9.97. The number of alkyl halides is 3. The largest absolute Gasteiger partial charge is 0.463 e. The Bertz CT molecular complexity index is 1450. The van der Waals surface area contributed by atoms with Crippen molar-refractivity contribution in [2.75, 3.05) is 0 Å². The van der Waals surface area contributed by atoms with Crippen LogP contribution in [0.5, 0.6) is 0 Å². The second kappa shape index (κ2) is 9.44. The maximum atomic E-state index is 14.1. The van der Waals surface area contributed by atoms with Gasteiger partial charge in [0.15, 0.2) is 5.82 Å². The second-order valence-corrected chi connectivity index (χ2v) is 10.5. The number of esters is 1. The molecule has 36 heavy (non-hydrogen) atoms. The fourth-order valence-corrected chi connectivity index (χ4v) is 6.19. The Morgan fingerprint density at radius 1 is 1.08 bits per heavy atom. The van der Waals surface area contributed by atoms with E-state index in [9.17, 15) is 18.0 Å². The maximum Gasteiger partial charge on any atom is 0.452 e. The van der Waals surface area contributed by atoms with E-state index in [-0.39, 0.29) is 24.0 Å². The third kappa shape index (κ3) is 4.57. The molecule has 3 aromatic carbocycles. The molecule has 1 aliphatic heterocycles. The monoisotopic (exact) mass is 531 g/mol. The van der Waals surface area contributed by atoms with Gasteiger partial charge in [-0.15, -0.1) is 22.0 Å². The highest BCUT2D eigenvalue weighted by Crippen LogP contribution is 2.53. The molecule has 10 heteroatoms. The van der Waals surface area contributed by atoms with Crippen molar-refractivity contribution >= 4 is 40.1 Å². The second-order valence-electron chi connectivity index (χ2n) is 8.73. The van der Waals surface area contributed by atoms with Gasteiger partial charge >= 0.3 is 12.1 Å². The molecule has 0 N–H and O–H groups in total. The van der Waals surface area contributed by atoms with E-state index >= 15 is 0 Å². The number of fused-ring (bicyclic) bond motifs is 4. The molecule has 5 nitrogen and oxygen atoms in total. The lowest BCUT2D eigenvalue weighted by Gasteiger charge is -2.22. The number of hydrogen-bond acceptors (Lipinski definition) is 5. The predicted octanol–water partition coefficient (Wildman–Crippen LogP) is 7.31. The van der Waals surface area contributed by atoms with Crippen LogP contribution in [0.15, 0.2) is 60.7 Å². The van der Waals surface area contributed by atoms with Crippen LogP contribution in [0.1, 0.15) is 53.5 Å². The zero-order valence-electron chi connectivity index (χ0n) is 19.3. The molecule has 2 atom stereocenters. The molecule has 1 aromatic heterocycles. The summed E-state index contributed by atoms with van der Waals surface area (Å²) in [4.78, 5) is 12.7. The van der Waals surface area contributed by atoms with Crippen LogP contribution in [0.2, 0.25) is 5.02 Å². The van der Waals surface area contributed by atoms with Gasteiger partial charge in [-0.3, -0.25) is 9.36 Å². The number of ether oxygens (including phenoxy) is 1. The minimum absolute atomic E-state index is 0.0411. The van der Waals surface area contributed by atoms with Gasteiger partial charge in [0.2, 0.25) is 5.82 Å². The van der Waals surface area contributed by atoms with Crippen molar-refractivity contribution in [3.05, 3.63) is 88.5 Å². The Balaban J connectivity index is 1.76. The van der Waals surface area contributed by atoms with Gasteiger partial charge in [0.1, 0.15) is 0 Å². The molecular formula is C26H21ClF3N3O2S. The van der Waals surface area contributed by atoms with Gasteiger partial charge in [0.25, 0.3) is 0 Å². The first-order valence-corrected chi connectivity index (χ1v) is 12.6. The Morgan fingerprint density at radius 3 is 2.58 bits per heavy atom. The Labute approximate surface area is 214 Å². The van der Waals surface area contributed by atoms with Crippen molar-refractivity contribution in [1.29, 1.82) is 0 Å². The zero-order valence-corrected chi connectivity index (χ0v) is 20.9. The molecule has 1 aliphatic rings. The molecule has 2 heterocycles. The summed E-state index contributed by atoms with van der Waals surface area (Å²) in [5.41, 5.74) is 1.75. The molecule has 0 saturated heterocycles. The summed E-state index contributed by atoms with van der Waals surface area (Å²) < 4.78 is 48.5. The van der Waals surface area contributed by atoms with E-state index in [1.807, 2.05) is 42.5 Å². The van der Waals surface area contributed by atoms with Crippen LogP contribution >= 0.6 is 23.4 Å². The summed E-state index contributed by atoms with van der Waals surface area (Å²) in [6.07, 6.45) is -5.28. The number of benzene rings is 3. The van der Waals surface area contributed by atoms with Gasteiger partial charge in [0.05, 0.1) is 28.7 Å². The molecule has 0 radical (unpaired) electrons. The van der Waals surface area contributed by atoms with Crippen LogP contribution in [0.25, 0.3) is 16.5 Å². The van der Waals surface area contributed by atoms with E-state index in [2.05, 4.69) is 10.2 Å². The average Bonchev–Trinajstić information content (AvgIpc) is 3.22. The quantitative estimate of drug-likeness (QED) is 0.258. The average molecular weight is 532 g/mol. The Kier molecular flexibility index (Phi) is 6.46. The Hall–Kier alpha value is -3.04. The van der Waals surface area contributed by atoms with Gasteiger partial charge in [0, 0.05) is 5.02 Å². The van der Waals surface area contributed by atoms with Crippen LogP contribution < -0.4 is 0 Å². The number of thioether (sulfide) groups is 1. The molecular weight excluding hydrogens is 511 g/mol. The fraction of sp³-hybridized carbons (Fsp3) is 0.269. The van der Waals surface area contributed by atoms with E-state index < -0.39 is 28.5 Å². The van der Waals surface area contributed by atoms with E-state index in [1.165, 1.54) is 11.8 Å². The molecule has 4 aromatic rings. The van der Waals surface area contributed by atoms with Crippen molar-refractivity contribution in [3.63, 3.8) is 0 Å². The Morgan fingerprint density at radius 2 is 1.83 bits per heavy atom. The lowest BCUT2D eigenvalue weighted by Crippen LogP contribution is -2.18. The number of halogens is 4. The smallest absolute Gasteiger partial charge is 0.452 e. The van der Waals surface area contributed by atoms with Crippen LogP contribution in [0.4, 0.5) is 13.2 Å². The molecule has 2 unspecified atom stereocenters. The summed E-state index contributed by atoms with van der Waals surface area (Å²) >= 11 is 7.71. The molecule has 0 spiro atoms. The van der Waals surface area contributed by atoms with E-state index in [1.54, 1.807) is 32.0 Å². The number of nitrogens with zero attached hydrogens (tertiary/aromatic N) is 3. The van der Waals surface area contributed by atoms with E-state index in [0.717, 1.165) is 20.9 Å². The summed E-state index contributed by atoms with van der Waals surface area (Å²) in [5, 5.41) is 8.58. The number of carbonyl (C=O) groups excluding carboxylic acids is 1. The molecule has 5 rings (SSSR count). The minimum Gasteiger partial charge on any atom is -0.463 e. The van der Waals surface area contributed by atoms with Gasteiger partial charge in [-0.25, -0.2) is 0 Å². The lowest BCUT2D eigenvalue weighted by molar-refractivity contribution is -0.147. The molecule has 0 amide bonds. The number of rotatable bonds is 4. The van der Waals surface area contributed by atoms with Crippen LogP contribution in [0.3, 0.4) is 0 Å². The normalized spacial score (nSPS) is 17.5. The van der Waals surface area contributed by atoms with Crippen molar-refractivity contribution in [2.45, 2.75) is 43.0 Å². The van der Waals surface area contributed by atoms with Gasteiger partial charge < -0.3 is 4.74 Å². The SMILES string of the molecule is CC(C)OC(=O)CC1SC(c2cccc3ccccc23)c2cc(Cl)ccc2-n2c1nnc2C(F)(F)F. The summed E-state index contributed by atoms with van der Waals surface area (Å²) in [5.74, 6) is -1.63. The molecule has 186 valence electrons. The zero-order chi connectivity index (χ0) is 25.6. The van der Waals surface area contributed by atoms with Crippen molar-refractivity contribution in [2.24, 2.45) is 0 Å². The topological polar surface area (TPSA) is 57.0 Å². The first kappa shape index (κ1) is 24.6. The van der Waals surface area contributed by atoms with E-state index in [4.69, 9.17) is 16.3 Å². The number of hydrogen-bond donors (Lipinski definition) is 0. The van der Waals surface area contributed by atoms with Crippen molar-refractivity contribution in [1.82, 2.24) is 14.8 Å². The van der Waals surface area contributed by atoms with Crippen molar-refractivity contribution in [3.8, 4) is 5.69 Å². The molecule has 0 saturated carbocycles. The van der Waals surface area contributed by atoms with Gasteiger partial charge in [-0.05, 0) is 53.9 Å². The van der Waals surface area contributed by atoms with Gasteiger partial charge in [-0.1, -0.05) is 54.1 Å². The molecule has 0 bridgehead atoms. The highest BCUT2D eigenvalue weighted by Gasteiger charge is 2.43. The standard InChI is InChI=1S/C26H21ClF3N3O2S/c1-14(2)35-22(34)13-21-24-31-32-25(26(28,29)30)33(24)20-11-10-16(27)12-19(20)23(36-21)18-9-5-7-15-6-3-4-8-17(15)18/h3-12,14,21,23H,13H2,1-2H3. The molecule has 0 fully saturated rings. The van der Waals surface area contributed by atoms with Crippen LogP contribution in [0, 0.1) is 0 Å². The highest BCUT2D eigenvalue weighted by atomic mass is 35.5. The third-order valence-electron chi connectivity index (χ3n) is 5.87. The minimum atomic E-state index is -4.75. The maximum absolute atomic E-state index is 14.1. The third-order valence-corrected chi connectivity index (χ3v) is 7.59. The summed E-state index contributed by atoms with van der Waals surface area (Å²) in [7, 11) is 0. The van der Waals surface area contributed by atoms with E-state index in [0.29, 0.717) is 10.6 Å². The van der Waals surface area contributed by atoms with Crippen LogP contribution in [-0.4, -0.2) is 26.8 Å². The summed E-state index contributed by atoms with van der Waals surface area (Å²) in [6, 6.07) is 18.4. The predicted molar refractivity (Wildman–Crippen MR) is 133 cm³/mol.